The molecular weight excluding hydrogens is 496 g/mol. The Labute approximate surface area is 171 Å². The summed E-state index contributed by atoms with van der Waals surface area (Å²) in [5.41, 5.74) is -3.62. The van der Waals surface area contributed by atoms with Gasteiger partial charge in [-0.1, -0.05) is 0 Å². The van der Waals surface area contributed by atoms with Crippen molar-refractivity contribution < 1.29 is 39.9 Å². The number of benzene rings is 1. The second kappa shape index (κ2) is 7.32. The summed E-state index contributed by atoms with van der Waals surface area (Å²) < 4.78 is 104. The molecule has 5 nitrogen and oxygen atoms in total. The molecule has 1 amide bonds. The van der Waals surface area contributed by atoms with E-state index < -0.39 is 59.8 Å². The average molecular weight is 505 g/mol. The zero-order chi connectivity index (χ0) is 22.5. The Bertz CT molecular complexity index is 971. The van der Waals surface area contributed by atoms with Crippen LogP contribution in [0.15, 0.2) is 30.6 Å². The largest absolute Gasteiger partial charge is 0.416 e. The van der Waals surface area contributed by atoms with Gasteiger partial charge in [-0.3, -0.25) is 4.79 Å². The highest BCUT2D eigenvalue weighted by molar-refractivity contribution is 9.14. The van der Waals surface area contributed by atoms with E-state index in [0.717, 1.165) is 22.0 Å². The van der Waals surface area contributed by atoms with E-state index in [2.05, 4.69) is 26.0 Å². The monoisotopic (exact) mass is 504 g/mol. The van der Waals surface area contributed by atoms with Gasteiger partial charge in [0.25, 0.3) is 5.92 Å². The van der Waals surface area contributed by atoms with E-state index in [4.69, 9.17) is 0 Å². The standard InChI is InChI=1S/C16H9BrF8N4O/c17-11(4-12(30)28-5-14(18,19)6-28)29-7-26-13(27-29)8-1-9(15(20,21)22)3-10(2-8)16(23,24)25/h1-4,7H,5-6H2. The molecule has 0 spiro atoms. The van der Waals surface area contributed by atoms with Crippen molar-refractivity contribution in [1.29, 1.82) is 0 Å². The lowest BCUT2D eigenvalue weighted by atomic mass is 10.0. The Morgan fingerprint density at radius 3 is 2.03 bits per heavy atom. The molecule has 1 aliphatic rings. The normalized spacial score (nSPS) is 17.1. The second-order valence-corrected chi connectivity index (χ2v) is 7.14. The number of alkyl halides is 8. The highest BCUT2D eigenvalue weighted by Gasteiger charge is 2.45. The van der Waals surface area contributed by atoms with Crippen LogP contribution >= 0.6 is 15.9 Å². The molecule has 1 saturated heterocycles. The van der Waals surface area contributed by atoms with Crippen LogP contribution in [0.25, 0.3) is 16.0 Å². The number of amides is 1. The molecule has 0 unspecified atom stereocenters. The maximum absolute atomic E-state index is 13.0. The third-order valence-corrected chi connectivity index (χ3v) is 4.55. The van der Waals surface area contributed by atoms with Gasteiger partial charge in [-0.05, 0) is 34.1 Å². The van der Waals surface area contributed by atoms with Gasteiger partial charge in [-0.2, -0.15) is 26.3 Å². The molecule has 1 fully saturated rings. The van der Waals surface area contributed by atoms with Gasteiger partial charge < -0.3 is 4.90 Å². The first-order chi connectivity index (χ1) is 13.7. The van der Waals surface area contributed by atoms with Crippen LogP contribution in [0.4, 0.5) is 35.1 Å². The first-order valence-electron chi connectivity index (χ1n) is 7.91. The van der Waals surface area contributed by atoms with Crippen LogP contribution in [-0.2, 0) is 17.1 Å². The zero-order valence-corrected chi connectivity index (χ0v) is 16.0. The molecule has 3 rings (SSSR count). The lowest BCUT2D eigenvalue weighted by molar-refractivity contribution is -0.160. The van der Waals surface area contributed by atoms with Crippen LogP contribution in [0.5, 0.6) is 0 Å². The molecule has 1 aromatic carbocycles. The van der Waals surface area contributed by atoms with Crippen molar-refractivity contribution in [3.63, 3.8) is 0 Å². The summed E-state index contributed by atoms with van der Waals surface area (Å²) >= 11 is 2.94. The predicted octanol–water partition coefficient (Wildman–Crippen LogP) is 4.65. The molecule has 30 heavy (non-hydrogen) atoms. The average Bonchev–Trinajstić information content (AvgIpc) is 3.08. The number of nitrogens with zero attached hydrogens (tertiary/aromatic N) is 4. The van der Waals surface area contributed by atoms with Crippen LogP contribution in [0.1, 0.15) is 11.1 Å². The van der Waals surface area contributed by atoms with Crippen molar-refractivity contribution in [1.82, 2.24) is 19.7 Å². The molecule has 0 N–H and O–H groups in total. The first-order valence-corrected chi connectivity index (χ1v) is 8.71. The lowest BCUT2D eigenvalue weighted by Gasteiger charge is -2.37. The summed E-state index contributed by atoms with van der Waals surface area (Å²) in [6.45, 7) is -1.54. The van der Waals surface area contributed by atoms with Crippen LogP contribution in [0.2, 0.25) is 0 Å². The number of carbonyl (C=O) groups excluding carboxylic acids is 1. The minimum absolute atomic E-state index is 0.0299. The number of aromatic nitrogens is 3. The van der Waals surface area contributed by atoms with Crippen LogP contribution in [0.3, 0.4) is 0 Å². The van der Waals surface area contributed by atoms with Crippen molar-refractivity contribution in [2.24, 2.45) is 0 Å². The van der Waals surface area contributed by atoms with Gasteiger partial charge in [0.2, 0.25) is 5.91 Å². The van der Waals surface area contributed by atoms with E-state index >= 15 is 0 Å². The lowest BCUT2D eigenvalue weighted by Crippen LogP contribution is -2.58. The van der Waals surface area contributed by atoms with Crippen LogP contribution in [0, 0.1) is 0 Å². The smallest absolute Gasteiger partial charge is 0.327 e. The number of rotatable bonds is 3. The first kappa shape index (κ1) is 22.2. The molecule has 0 saturated carbocycles. The minimum Gasteiger partial charge on any atom is -0.327 e. The third kappa shape index (κ3) is 4.79. The van der Waals surface area contributed by atoms with E-state index in [0.29, 0.717) is 12.1 Å². The van der Waals surface area contributed by atoms with Gasteiger partial charge in [0.05, 0.1) is 24.2 Å². The van der Waals surface area contributed by atoms with E-state index in [-0.39, 0.29) is 10.7 Å². The Morgan fingerprint density at radius 1 is 1.03 bits per heavy atom. The number of halogens is 9. The van der Waals surface area contributed by atoms with E-state index in [1.54, 1.807) is 0 Å². The van der Waals surface area contributed by atoms with Gasteiger partial charge >= 0.3 is 12.4 Å². The molecule has 1 aromatic heterocycles. The summed E-state index contributed by atoms with van der Waals surface area (Å²) in [6.07, 6.45) is -8.27. The fourth-order valence-electron chi connectivity index (χ4n) is 2.51. The second-order valence-electron chi connectivity index (χ2n) is 6.32. The van der Waals surface area contributed by atoms with Crippen molar-refractivity contribution in [2.45, 2.75) is 18.3 Å². The molecule has 162 valence electrons. The van der Waals surface area contributed by atoms with Crippen LogP contribution in [-0.4, -0.2) is 44.6 Å². The molecule has 0 radical (unpaired) electrons. The molecule has 0 bridgehead atoms. The SMILES string of the molecule is O=C(C=C(Br)n1cnc(-c2cc(C(F)(F)F)cc(C(F)(F)F)c2)n1)N1CC(F)(F)C1. The number of likely N-dealkylation sites (tertiary alicyclic amines) is 1. The van der Waals surface area contributed by atoms with E-state index in [1.165, 1.54) is 0 Å². The molecule has 0 aliphatic carbocycles. The van der Waals surface area contributed by atoms with Gasteiger partial charge in [0.15, 0.2) is 5.82 Å². The molecule has 0 atom stereocenters. The highest BCUT2D eigenvalue weighted by Crippen LogP contribution is 2.38. The van der Waals surface area contributed by atoms with Crippen molar-refractivity contribution in [3.8, 4) is 11.4 Å². The fraction of sp³-hybridized carbons (Fsp3) is 0.312. The maximum Gasteiger partial charge on any atom is 0.416 e. The Morgan fingerprint density at radius 2 is 1.57 bits per heavy atom. The molecule has 2 aromatic rings. The number of hydrogen-bond acceptors (Lipinski definition) is 3. The van der Waals surface area contributed by atoms with Crippen molar-refractivity contribution in [3.05, 3.63) is 41.7 Å². The van der Waals surface area contributed by atoms with E-state index in [9.17, 15) is 39.9 Å². The molecular formula is C16H9BrF8N4O. The van der Waals surface area contributed by atoms with Gasteiger partial charge in [0, 0.05) is 11.6 Å². The molecule has 1 aliphatic heterocycles. The number of hydrogen-bond donors (Lipinski definition) is 0. The Hall–Kier alpha value is -2.51. The van der Waals surface area contributed by atoms with Gasteiger partial charge in [-0.25, -0.2) is 18.4 Å². The summed E-state index contributed by atoms with van der Waals surface area (Å²) in [5, 5.41) is 3.75. The third-order valence-electron chi connectivity index (χ3n) is 3.96. The topological polar surface area (TPSA) is 51.0 Å². The molecule has 14 heteroatoms. The maximum atomic E-state index is 13.0. The summed E-state index contributed by atoms with van der Waals surface area (Å²) in [6, 6.07) is 0.886. The van der Waals surface area contributed by atoms with Crippen molar-refractivity contribution in [2.75, 3.05) is 13.1 Å². The minimum atomic E-state index is -5.04. The quantitative estimate of drug-likeness (QED) is 0.451. The Balaban J connectivity index is 1.90. The summed E-state index contributed by atoms with van der Waals surface area (Å²) in [5.74, 6) is -4.24. The molecule has 2 heterocycles. The number of carbonyl (C=O) groups is 1. The summed E-state index contributed by atoms with van der Waals surface area (Å²) in [4.78, 5) is 16.4. The fourth-order valence-corrected chi connectivity index (χ4v) is 2.88. The highest BCUT2D eigenvalue weighted by atomic mass is 79.9. The zero-order valence-electron chi connectivity index (χ0n) is 14.4. The van der Waals surface area contributed by atoms with Crippen LogP contribution < -0.4 is 0 Å². The summed E-state index contributed by atoms with van der Waals surface area (Å²) in [7, 11) is 0. The van der Waals surface area contributed by atoms with Crippen molar-refractivity contribution >= 4 is 26.4 Å². The van der Waals surface area contributed by atoms with E-state index in [1.807, 2.05) is 0 Å². The Kier molecular flexibility index (Phi) is 5.41. The predicted molar refractivity (Wildman–Crippen MR) is 90.2 cm³/mol. The van der Waals surface area contributed by atoms with Gasteiger partial charge in [-0.15, -0.1) is 5.10 Å². The van der Waals surface area contributed by atoms with Gasteiger partial charge in [0.1, 0.15) is 10.9 Å².